The van der Waals surface area contributed by atoms with Gasteiger partial charge in [0.1, 0.15) is 6.10 Å². The van der Waals surface area contributed by atoms with Gasteiger partial charge < -0.3 is 45.2 Å². The second-order valence-corrected chi connectivity index (χ2v) is 8.35. The van der Waals surface area contributed by atoms with E-state index in [1.807, 2.05) is 0 Å². The van der Waals surface area contributed by atoms with Crippen LogP contribution in [0.2, 0.25) is 0 Å². The van der Waals surface area contributed by atoms with E-state index >= 15 is 0 Å². The van der Waals surface area contributed by atoms with Crippen LogP contribution < -0.4 is 0 Å². The van der Waals surface area contributed by atoms with E-state index in [4.69, 9.17) is 9.47 Å². The molecular weight excluding hydrogens is 492 g/mol. The number of aliphatic hydroxyl groups is 2. The molecule has 0 spiro atoms. The average Bonchev–Trinajstić information content (AvgIpc) is 2.82. The zero-order valence-corrected chi connectivity index (χ0v) is 19.1. The van der Waals surface area contributed by atoms with Crippen molar-refractivity contribution in [3.8, 4) is 23.0 Å². The minimum atomic E-state index is -2.46. The first-order chi connectivity index (χ1) is 17.4. The lowest BCUT2D eigenvalue weighted by molar-refractivity contribution is -0.204. The van der Waals surface area contributed by atoms with E-state index in [-0.39, 0.29) is 11.5 Å². The number of benzene rings is 2. The van der Waals surface area contributed by atoms with Crippen molar-refractivity contribution in [3.05, 3.63) is 59.7 Å². The van der Waals surface area contributed by atoms with Crippen LogP contribution in [0.3, 0.4) is 0 Å². The second-order valence-electron chi connectivity index (χ2n) is 8.35. The molecule has 0 amide bonds. The summed E-state index contributed by atoms with van der Waals surface area (Å²) in [5, 5.41) is 68.0. The summed E-state index contributed by atoms with van der Waals surface area (Å²) in [5.41, 5.74) is -1.82. The van der Waals surface area contributed by atoms with Crippen LogP contribution in [-0.2, 0) is 23.9 Å². The number of phenols is 4. The van der Waals surface area contributed by atoms with Gasteiger partial charge in [-0.25, -0.2) is 14.4 Å². The van der Waals surface area contributed by atoms with Gasteiger partial charge in [0.15, 0.2) is 34.7 Å². The number of carbonyl (C=O) groups is 3. The fraction of sp³-hybridized carbons (Fsp3) is 0.240. The standard InChI is InChI=1S/C25H24O12/c26-15-5-1-13(9-17(15)28)3-7-21(31)36-20-12-25(35,24(33)34)11-19(30)23(20)37-22(32)8-4-14-2-6-16(27)18(29)10-14/h1-10,19-20,23,26-30,35H,11-12H2,(H,33,34)/b7-3+,8-4+/t19?,20?,23?,25-/m1/s1. The van der Waals surface area contributed by atoms with Gasteiger partial charge in [0.05, 0.1) is 6.10 Å². The molecule has 4 atom stereocenters. The van der Waals surface area contributed by atoms with Gasteiger partial charge >= 0.3 is 17.9 Å². The molecule has 3 unspecified atom stereocenters. The molecule has 0 aromatic heterocycles. The molecule has 12 heteroatoms. The maximum Gasteiger partial charge on any atom is 0.335 e. The van der Waals surface area contributed by atoms with E-state index in [0.717, 1.165) is 18.2 Å². The van der Waals surface area contributed by atoms with Gasteiger partial charge in [-0.1, -0.05) is 12.1 Å². The molecule has 0 bridgehead atoms. The number of aromatic hydroxyl groups is 4. The third kappa shape index (κ3) is 6.78. The number of carboxylic acids is 1. The molecule has 1 aliphatic rings. The molecule has 2 aromatic carbocycles. The molecular formula is C25H24O12. The second kappa shape index (κ2) is 11.0. The van der Waals surface area contributed by atoms with Crippen molar-refractivity contribution in [2.75, 3.05) is 0 Å². The van der Waals surface area contributed by atoms with Crippen molar-refractivity contribution in [2.45, 2.75) is 36.8 Å². The molecule has 2 aromatic rings. The summed E-state index contributed by atoms with van der Waals surface area (Å²) in [7, 11) is 0. The SMILES string of the molecule is O=C(/C=C/c1ccc(O)c(O)c1)OC1C[C@@](O)(C(=O)O)CC(O)C1OC(=O)/C=C/c1ccc(O)c(O)c1. The highest BCUT2D eigenvalue weighted by Crippen LogP contribution is 2.33. The lowest BCUT2D eigenvalue weighted by Crippen LogP contribution is -2.58. The Labute approximate surface area is 209 Å². The molecule has 0 radical (unpaired) electrons. The van der Waals surface area contributed by atoms with Crippen molar-refractivity contribution in [2.24, 2.45) is 0 Å². The molecule has 0 aliphatic heterocycles. The van der Waals surface area contributed by atoms with E-state index < -0.39 is 66.2 Å². The van der Waals surface area contributed by atoms with Crippen LogP contribution in [-0.4, -0.2) is 77.6 Å². The molecule has 1 saturated carbocycles. The van der Waals surface area contributed by atoms with Crippen LogP contribution in [0.1, 0.15) is 24.0 Å². The Bertz CT molecular complexity index is 1250. The largest absolute Gasteiger partial charge is 0.504 e. The lowest BCUT2D eigenvalue weighted by Gasteiger charge is -2.40. The van der Waals surface area contributed by atoms with Crippen molar-refractivity contribution in [3.63, 3.8) is 0 Å². The Morgan fingerprint density at radius 3 is 1.73 bits per heavy atom. The van der Waals surface area contributed by atoms with Gasteiger partial charge in [0.2, 0.25) is 0 Å². The van der Waals surface area contributed by atoms with E-state index in [1.54, 1.807) is 0 Å². The Balaban J connectivity index is 1.75. The summed E-state index contributed by atoms with van der Waals surface area (Å²) in [4.78, 5) is 36.3. The van der Waals surface area contributed by atoms with Gasteiger partial charge in [-0.3, -0.25) is 0 Å². The summed E-state index contributed by atoms with van der Waals surface area (Å²) in [6, 6.07) is 7.50. The molecule has 1 fully saturated rings. The monoisotopic (exact) mass is 516 g/mol. The minimum Gasteiger partial charge on any atom is -0.504 e. The topological polar surface area (TPSA) is 211 Å². The molecule has 37 heavy (non-hydrogen) atoms. The van der Waals surface area contributed by atoms with E-state index in [2.05, 4.69) is 0 Å². The summed E-state index contributed by atoms with van der Waals surface area (Å²) >= 11 is 0. The van der Waals surface area contributed by atoms with E-state index in [1.165, 1.54) is 42.5 Å². The predicted molar refractivity (Wildman–Crippen MR) is 125 cm³/mol. The molecule has 0 heterocycles. The van der Waals surface area contributed by atoms with Crippen LogP contribution >= 0.6 is 0 Å². The highest BCUT2D eigenvalue weighted by Gasteiger charge is 2.52. The molecule has 196 valence electrons. The van der Waals surface area contributed by atoms with Crippen LogP contribution in [0.5, 0.6) is 23.0 Å². The number of hydrogen-bond acceptors (Lipinski definition) is 11. The maximum absolute atomic E-state index is 12.4. The summed E-state index contributed by atoms with van der Waals surface area (Å²) < 4.78 is 10.4. The quantitative estimate of drug-likeness (QED) is 0.156. The number of phenolic OH excluding ortho intramolecular Hbond substituents is 4. The lowest BCUT2D eigenvalue weighted by atomic mass is 9.79. The fourth-order valence-electron chi connectivity index (χ4n) is 3.66. The first-order valence-electron chi connectivity index (χ1n) is 10.8. The zero-order valence-electron chi connectivity index (χ0n) is 19.1. The summed E-state index contributed by atoms with van der Waals surface area (Å²) in [6.45, 7) is 0. The zero-order chi connectivity index (χ0) is 27.3. The van der Waals surface area contributed by atoms with Crippen molar-refractivity contribution in [1.29, 1.82) is 0 Å². The van der Waals surface area contributed by atoms with E-state index in [9.17, 15) is 50.1 Å². The highest BCUT2D eigenvalue weighted by molar-refractivity contribution is 5.88. The normalized spacial score (nSPS) is 23.7. The van der Waals surface area contributed by atoms with Crippen LogP contribution in [0.15, 0.2) is 48.6 Å². The summed E-state index contributed by atoms with van der Waals surface area (Å²) in [6.07, 6.45) is -1.86. The third-order valence-electron chi connectivity index (χ3n) is 5.57. The smallest absolute Gasteiger partial charge is 0.335 e. The fourth-order valence-corrected chi connectivity index (χ4v) is 3.66. The Morgan fingerprint density at radius 2 is 1.27 bits per heavy atom. The van der Waals surface area contributed by atoms with Crippen LogP contribution in [0.4, 0.5) is 0 Å². The highest BCUT2D eigenvalue weighted by atomic mass is 16.6. The number of carboxylic acid groups (broad SMARTS) is 1. The number of aliphatic hydroxyl groups excluding tert-OH is 1. The van der Waals surface area contributed by atoms with Gasteiger partial charge in [0.25, 0.3) is 0 Å². The Hall–Kier alpha value is -4.55. The third-order valence-corrected chi connectivity index (χ3v) is 5.57. The van der Waals surface area contributed by atoms with Crippen molar-refractivity contribution in [1.82, 2.24) is 0 Å². The van der Waals surface area contributed by atoms with Crippen LogP contribution in [0.25, 0.3) is 12.2 Å². The number of carbonyl (C=O) groups excluding carboxylic acids is 2. The molecule has 0 saturated heterocycles. The predicted octanol–water partition coefficient (Wildman–Crippen LogP) is 1.03. The van der Waals surface area contributed by atoms with Gasteiger partial charge in [-0.05, 0) is 47.5 Å². The Kier molecular flexibility index (Phi) is 8.05. The van der Waals surface area contributed by atoms with Crippen molar-refractivity contribution >= 4 is 30.1 Å². The molecule has 3 rings (SSSR count). The Morgan fingerprint density at radius 1 is 0.784 bits per heavy atom. The number of hydrogen-bond donors (Lipinski definition) is 7. The number of rotatable bonds is 7. The molecule has 7 N–H and O–H groups in total. The number of esters is 2. The van der Waals surface area contributed by atoms with Gasteiger partial charge in [-0.15, -0.1) is 0 Å². The number of ether oxygens (including phenoxy) is 2. The molecule has 12 nitrogen and oxygen atoms in total. The van der Waals surface area contributed by atoms with E-state index in [0.29, 0.717) is 11.1 Å². The maximum atomic E-state index is 12.4. The first kappa shape index (κ1) is 27.0. The average molecular weight is 516 g/mol. The molecule has 1 aliphatic carbocycles. The minimum absolute atomic E-state index is 0.311. The van der Waals surface area contributed by atoms with Gasteiger partial charge in [0, 0.05) is 25.0 Å². The van der Waals surface area contributed by atoms with Crippen molar-refractivity contribution < 1.29 is 59.6 Å². The number of aliphatic carboxylic acids is 1. The van der Waals surface area contributed by atoms with Crippen LogP contribution in [0, 0.1) is 0 Å². The summed E-state index contributed by atoms with van der Waals surface area (Å²) in [5.74, 6) is -5.29. The first-order valence-corrected chi connectivity index (χ1v) is 10.8. The van der Waals surface area contributed by atoms with Gasteiger partial charge in [-0.2, -0.15) is 0 Å².